The minimum Gasteiger partial charge on any atom is -0.449 e. The van der Waals surface area contributed by atoms with Gasteiger partial charge in [-0.1, -0.05) is 0 Å². The lowest BCUT2D eigenvalue weighted by Crippen LogP contribution is -2.12. The Morgan fingerprint density at radius 3 is 2.85 bits per heavy atom. The van der Waals surface area contributed by atoms with Gasteiger partial charge in [-0.25, -0.2) is 9.59 Å². The van der Waals surface area contributed by atoms with Crippen LogP contribution in [-0.4, -0.2) is 17.3 Å². The van der Waals surface area contributed by atoms with Crippen LogP contribution in [0.1, 0.15) is 12.5 Å². The summed E-state index contributed by atoms with van der Waals surface area (Å²) in [6.07, 6.45) is 1.17. The van der Waals surface area contributed by atoms with Crippen molar-refractivity contribution in [2.75, 3.05) is 6.61 Å². The largest absolute Gasteiger partial charge is 0.449 e. The Kier molecular flexibility index (Phi) is 2.82. The first-order valence-corrected chi connectivity index (χ1v) is 6.33. The fraction of sp³-hybridized carbons (Fsp3) is 0.200. The summed E-state index contributed by atoms with van der Waals surface area (Å²) in [5, 5.41) is 1.58. The number of fused-ring (bicyclic) bond motifs is 3. The molecule has 5 nitrogen and oxygen atoms in total. The van der Waals surface area contributed by atoms with Crippen LogP contribution in [0.3, 0.4) is 0 Å². The van der Waals surface area contributed by atoms with Gasteiger partial charge in [0.1, 0.15) is 5.58 Å². The Hall–Kier alpha value is -2.56. The van der Waals surface area contributed by atoms with Crippen molar-refractivity contribution in [2.45, 2.75) is 13.8 Å². The molecular formula is C15H13NO4. The first-order valence-electron chi connectivity index (χ1n) is 6.33. The fourth-order valence-electron chi connectivity index (χ4n) is 2.35. The molecule has 0 radical (unpaired) electrons. The van der Waals surface area contributed by atoms with Crippen molar-refractivity contribution in [3.05, 3.63) is 46.4 Å². The highest BCUT2D eigenvalue weighted by atomic mass is 16.5. The number of carbonyl (C=O) groups excluding carboxylic acids is 1. The summed E-state index contributed by atoms with van der Waals surface area (Å²) < 4.78 is 11.7. The van der Waals surface area contributed by atoms with Gasteiger partial charge in [0.05, 0.1) is 12.1 Å². The number of hydrogen-bond donors (Lipinski definition) is 0. The molecule has 0 saturated carbocycles. The van der Waals surface area contributed by atoms with Crippen LogP contribution in [-0.2, 0) is 4.74 Å². The topological polar surface area (TPSA) is 61.4 Å². The van der Waals surface area contributed by atoms with E-state index in [4.69, 9.17) is 9.15 Å². The van der Waals surface area contributed by atoms with Gasteiger partial charge in [0.25, 0.3) is 0 Å². The molecule has 3 rings (SSSR count). The van der Waals surface area contributed by atoms with E-state index in [9.17, 15) is 9.59 Å². The third kappa shape index (κ3) is 1.79. The van der Waals surface area contributed by atoms with Crippen LogP contribution in [0.25, 0.3) is 21.9 Å². The Morgan fingerprint density at radius 1 is 1.30 bits per heavy atom. The monoisotopic (exact) mass is 271 g/mol. The zero-order valence-electron chi connectivity index (χ0n) is 11.2. The lowest BCUT2D eigenvalue weighted by Gasteiger charge is -2.05. The third-order valence-corrected chi connectivity index (χ3v) is 3.25. The van der Waals surface area contributed by atoms with Gasteiger partial charge in [0, 0.05) is 23.0 Å². The molecule has 0 fully saturated rings. The summed E-state index contributed by atoms with van der Waals surface area (Å²) in [4.78, 5) is 23.4. The van der Waals surface area contributed by atoms with Crippen LogP contribution in [0.2, 0.25) is 0 Å². The molecule has 0 N–H and O–H groups in total. The van der Waals surface area contributed by atoms with E-state index in [0.29, 0.717) is 17.7 Å². The normalized spacial score (nSPS) is 11.1. The second-order valence-electron chi connectivity index (χ2n) is 4.51. The maximum absolute atomic E-state index is 11.8. The third-order valence-electron chi connectivity index (χ3n) is 3.25. The van der Waals surface area contributed by atoms with Crippen molar-refractivity contribution in [3.63, 3.8) is 0 Å². The molecule has 102 valence electrons. The number of aryl methyl sites for hydroxylation is 1. The smallest absolute Gasteiger partial charge is 0.418 e. The van der Waals surface area contributed by atoms with Crippen molar-refractivity contribution in [1.29, 1.82) is 0 Å². The Balaban J connectivity index is 2.34. The van der Waals surface area contributed by atoms with E-state index in [1.165, 1.54) is 10.6 Å². The van der Waals surface area contributed by atoms with E-state index in [1.807, 2.05) is 19.1 Å². The highest BCUT2D eigenvalue weighted by molar-refractivity contribution is 6.06. The van der Waals surface area contributed by atoms with Gasteiger partial charge >= 0.3 is 11.7 Å². The number of rotatable bonds is 1. The summed E-state index contributed by atoms with van der Waals surface area (Å²) in [7, 11) is 0. The fourth-order valence-corrected chi connectivity index (χ4v) is 2.35. The predicted molar refractivity (Wildman–Crippen MR) is 75.1 cm³/mol. The number of hydrogen-bond acceptors (Lipinski definition) is 4. The summed E-state index contributed by atoms with van der Waals surface area (Å²) >= 11 is 0. The van der Waals surface area contributed by atoms with Crippen molar-refractivity contribution < 1.29 is 13.9 Å². The summed E-state index contributed by atoms with van der Waals surface area (Å²) in [5.74, 6) is 0. The molecular weight excluding hydrogens is 258 g/mol. The van der Waals surface area contributed by atoms with Crippen LogP contribution in [0, 0.1) is 6.92 Å². The van der Waals surface area contributed by atoms with Crippen molar-refractivity contribution in [3.8, 4) is 0 Å². The lowest BCUT2D eigenvalue weighted by atomic mass is 10.1. The van der Waals surface area contributed by atoms with E-state index >= 15 is 0 Å². The molecule has 0 aliphatic rings. The summed E-state index contributed by atoms with van der Waals surface area (Å²) in [6.45, 7) is 3.91. The number of benzene rings is 1. The molecule has 3 aromatic rings. The van der Waals surface area contributed by atoms with E-state index in [-0.39, 0.29) is 0 Å². The molecule has 0 saturated heterocycles. The molecule has 1 aromatic carbocycles. The van der Waals surface area contributed by atoms with Gasteiger partial charge in [0.15, 0.2) is 0 Å². The Labute approximate surface area is 114 Å². The number of ether oxygens (including phenoxy) is 1. The van der Waals surface area contributed by atoms with Crippen LogP contribution >= 0.6 is 0 Å². The van der Waals surface area contributed by atoms with Gasteiger partial charge < -0.3 is 9.15 Å². The first-order chi connectivity index (χ1) is 9.61. The van der Waals surface area contributed by atoms with E-state index in [2.05, 4.69) is 0 Å². The van der Waals surface area contributed by atoms with E-state index in [1.54, 1.807) is 19.2 Å². The Bertz CT molecular complexity index is 873. The minimum absolute atomic E-state index is 0.306. The van der Waals surface area contributed by atoms with Crippen molar-refractivity contribution >= 4 is 28.0 Å². The lowest BCUT2D eigenvalue weighted by molar-refractivity contribution is 0.155. The van der Waals surface area contributed by atoms with Crippen LogP contribution in [0.4, 0.5) is 4.79 Å². The summed E-state index contributed by atoms with van der Waals surface area (Å²) in [5.41, 5.74) is 1.61. The molecule has 20 heavy (non-hydrogen) atoms. The Morgan fingerprint density at radius 2 is 2.10 bits per heavy atom. The van der Waals surface area contributed by atoms with Crippen LogP contribution < -0.4 is 5.63 Å². The van der Waals surface area contributed by atoms with Gasteiger partial charge in [-0.2, -0.15) is 0 Å². The van der Waals surface area contributed by atoms with Crippen LogP contribution in [0.15, 0.2) is 39.7 Å². The molecule has 2 heterocycles. The molecule has 0 unspecified atom stereocenters. The molecule has 0 aliphatic heterocycles. The first kappa shape index (κ1) is 12.5. The molecule has 0 amide bonds. The van der Waals surface area contributed by atoms with E-state index in [0.717, 1.165) is 16.3 Å². The van der Waals surface area contributed by atoms with Crippen molar-refractivity contribution in [2.24, 2.45) is 0 Å². The SMILES string of the molecule is CCOC(=O)n1ccc2c3oc(=O)cc(C)c3ccc21. The van der Waals surface area contributed by atoms with Gasteiger partial charge in [-0.05, 0) is 37.6 Å². The number of carbonyl (C=O) groups is 1. The van der Waals surface area contributed by atoms with Crippen LogP contribution in [0.5, 0.6) is 0 Å². The molecule has 5 heteroatoms. The number of aromatic nitrogens is 1. The molecule has 2 aromatic heterocycles. The second-order valence-corrected chi connectivity index (χ2v) is 4.51. The molecule has 0 aliphatic carbocycles. The average molecular weight is 271 g/mol. The predicted octanol–water partition coefficient (Wildman–Crippen LogP) is 3.06. The molecule has 0 spiro atoms. The van der Waals surface area contributed by atoms with Gasteiger partial charge in [-0.3, -0.25) is 4.57 Å². The quantitative estimate of drug-likeness (QED) is 0.638. The highest BCUT2D eigenvalue weighted by Crippen LogP contribution is 2.27. The maximum Gasteiger partial charge on any atom is 0.418 e. The molecule has 0 bridgehead atoms. The molecule has 0 atom stereocenters. The zero-order valence-corrected chi connectivity index (χ0v) is 11.2. The second kappa shape index (κ2) is 4.52. The zero-order chi connectivity index (χ0) is 14.3. The highest BCUT2D eigenvalue weighted by Gasteiger charge is 2.13. The van der Waals surface area contributed by atoms with Gasteiger partial charge in [0.2, 0.25) is 0 Å². The minimum atomic E-state index is -0.447. The van der Waals surface area contributed by atoms with E-state index < -0.39 is 11.7 Å². The average Bonchev–Trinajstić information content (AvgIpc) is 2.83. The standard InChI is InChI=1S/C15H13NO4/c1-3-19-15(18)16-7-6-11-12(16)5-4-10-9(2)8-13(17)20-14(10)11/h4-8H,3H2,1-2H3. The van der Waals surface area contributed by atoms with Crippen molar-refractivity contribution in [1.82, 2.24) is 4.57 Å². The number of nitrogens with zero attached hydrogens (tertiary/aromatic N) is 1. The van der Waals surface area contributed by atoms with Gasteiger partial charge in [-0.15, -0.1) is 0 Å². The summed E-state index contributed by atoms with van der Waals surface area (Å²) in [6, 6.07) is 6.86. The maximum atomic E-state index is 11.8.